The molecule has 3 N–H and O–H groups in total. The van der Waals surface area contributed by atoms with E-state index in [1.807, 2.05) is 20.8 Å². The first-order valence-corrected chi connectivity index (χ1v) is 13.0. The van der Waals surface area contributed by atoms with Crippen molar-refractivity contribution in [3.8, 4) is 11.6 Å². The van der Waals surface area contributed by atoms with Crippen molar-refractivity contribution >= 4 is 28.7 Å². The number of ether oxygens (including phenoxy) is 1. The number of alkyl halides is 3. The molecule has 0 saturated carbocycles. The highest BCUT2D eigenvalue weighted by molar-refractivity contribution is 5.98. The van der Waals surface area contributed by atoms with Gasteiger partial charge in [-0.15, -0.1) is 0 Å². The largest absolute Gasteiger partial charge is 0.465 e. The third-order valence-corrected chi connectivity index (χ3v) is 6.82. The lowest BCUT2D eigenvalue weighted by atomic mass is 9.94. The fourth-order valence-electron chi connectivity index (χ4n) is 4.65. The van der Waals surface area contributed by atoms with Gasteiger partial charge in [0.05, 0.1) is 29.9 Å². The first-order chi connectivity index (χ1) is 19.7. The molecule has 2 amide bonds. The molecule has 42 heavy (non-hydrogen) atoms. The third kappa shape index (κ3) is 5.86. The number of aromatic nitrogens is 3. The van der Waals surface area contributed by atoms with Gasteiger partial charge >= 0.3 is 18.3 Å². The van der Waals surface area contributed by atoms with Crippen molar-refractivity contribution in [2.24, 2.45) is 0 Å². The van der Waals surface area contributed by atoms with Crippen molar-refractivity contribution in [2.45, 2.75) is 51.9 Å². The number of aliphatic hydroxyl groups excluding tert-OH is 1. The fraction of sp³-hybridized carbons (Fsp3) is 0.310. The summed E-state index contributed by atoms with van der Waals surface area (Å²) < 4.78 is 47.3. The van der Waals surface area contributed by atoms with Crippen molar-refractivity contribution in [1.29, 1.82) is 0 Å². The molecule has 0 saturated heterocycles. The topological polar surface area (TPSA) is 130 Å². The molecule has 0 radical (unpaired) electrons. The number of nitrogens with zero attached hydrogens (tertiary/aromatic N) is 4. The normalized spacial score (nSPS) is 13.6. The highest BCUT2D eigenvalue weighted by atomic mass is 19.4. The highest BCUT2D eigenvalue weighted by Crippen LogP contribution is 2.34. The number of rotatable bonds is 4. The number of benzene rings is 2. The number of halogens is 3. The van der Waals surface area contributed by atoms with Gasteiger partial charge in [-0.05, 0) is 54.4 Å². The molecular formula is C29H28F3N5O5. The van der Waals surface area contributed by atoms with E-state index in [-0.39, 0.29) is 24.3 Å². The molecule has 1 aliphatic heterocycles. The van der Waals surface area contributed by atoms with Crippen LogP contribution in [0, 0.1) is 0 Å². The van der Waals surface area contributed by atoms with Crippen LogP contribution in [0.4, 0.5) is 28.4 Å². The number of anilines is 1. The monoisotopic (exact) mass is 583 g/mol. The van der Waals surface area contributed by atoms with Gasteiger partial charge in [0.1, 0.15) is 11.6 Å². The van der Waals surface area contributed by atoms with Crippen LogP contribution in [0.3, 0.4) is 0 Å². The number of carbonyl (C=O) groups excluding carboxylic acids is 1. The van der Waals surface area contributed by atoms with Crippen LogP contribution in [0.15, 0.2) is 48.7 Å². The molecule has 0 spiro atoms. The Labute approximate surface area is 238 Å². The average Bonchev–Trinajstić information content (AvgIpc) is 3.35. The minimum absolute atomic E-state index is 0.0106. The Kier molecular flexibility index (Phi) is 7.31. The van der Waals surface area contributed by atoms with Gasteiger partial charge in [0, 0.05) is 34.8 Å². The summed E-state index contributed by atoms with van der Waals surface area (Å²) in [7, 11) is 0. The molecule has 0 aliphatic carbocycles. The molecule has 0 bridgehead atoms. The summed E-state index contributed by atoms with van der Waals surface area (Å²) >= 11 is 0. The first kappa shape index (κ1) is 28.9. The third-order valence-electron chi connectivity index (χ3n) is 6.82. The Hall–Kier alpha value is -4.65. The molecule has 13 heteroatoms. The van der Waals surface area contributed by atoms with E-state index < -0.39 is 35.9 Å². The summed E-state index contributed by atoms with van der Waals surface area (Å²) in [4.78, 5) is 35.1. The molecule has 5 rings (SSSR count). The maximum Gasteiger partial charge on any atom is 0.416 e. The van der Waals surface area contributed by atoms with Gasteiger partial charge in [-0.1, -0.05) is 20.8 Å². The van der Waals surface area contributed by atoms with E-state index in [1.54, 1.807) is 24.3 Å². The van der Waals surface area contributed by atoms with Crippen LogP contribution >= 0.6 is 0 Å². The maximum absolute atomic E-state index is 13.3. The summed E-state index contributed by atoms with van der Waals surface area (Å²) in [5.74, 6) is 1.26. The van der Waals surface area contributed by atoms with Crippen molar-refractivity contribution in [3.63, 3.8) is 0 Å². The standard InChI is InChI=1S/C29H28F3N5O5/c1-28(2,3)25-34-22-14-36(27(40)41)8-7-21(22)24(35-25)42-20-4-5-23-17(12-20)6-9-37(23)26(39)33-19-11-16(15-38)10-18(13-19)29(30,31)32/h4-6,9-13,38H,7-8,14-15H2,1-3H3,(H,33,39)(H,40,41). The van der Waals surface area contributed by atoms with Gasteiger partial charge in [0.25, 0.3) is 0 Å². The van der Waals surface area contributed by atoms with E-state index in [0.717, 1.165) is 17.7 Å². The Morgan fingerprint density at radius 1 is 1.07 bits per heavy atom. The van der Waals surface area contributed by atoms with E-state index in [4.69, 9.17) is 4.74 Å². The van der Waals surface area contributed by atoms with Crippen LogP contribution in [-0.4, -0.2) is 48.3 Å². The molecule has 0 fully saturated rings. The van der Waals surface area contributed by atoms with Gasteiger partial charge in [-0.2, -0.15) is 18.2 Å². The van der Waals surface area contributed by atoms with E-state index in [0.29, 0.717) is 40.5 Å². The van der Waals surface area contributed by atoms with E-state index in [9.17, 15) is 33.0 Å². The fourth-order valence-corrected chi connectivity index (χ4v) is 4.65. The minimum atomic E-state index is -4.65. The van der Waals surface area contributed by atoms with Crippen LogP contribution in [0.1, 0.15) is 49.0 Å². The highest BCUT2D eigenvalue weighted by Gasteiger charge is 2.32. The summed E-state index contributed by atoms with van der Waals surface area (Å²) in [6.45, 7) is 5.61. The summed E-state index contributed by atoms with van der Waals surface area (Å²) in [6, 6.07) is 8.85. The number of aliphatic hydroxyl groups is 1. The quantitative estimate of drug-likeness (QED) is 0.263. The summed E-state index contributed by atoms with van der Waals surface area (Å²) in [5.41, 5.74) is 0.279. The van der Waals surface area contributed by atoms with Gasteiger partial charge in [0.15, 0.2) is 0 Å². The lowest BCUT2D eigenvalue weighted by Crippen LogP contribution is -2.36. The molecule has 4 aromatic rings. The van der Waals surface area contributed by atoms with Crippen molar-refractivity contribution in [3.05, 3.63) is 76.9 Å². The number of carbonyl (C=O) groups is 2. The van der Waals surface area contributed by atoms with E-state index in [2.05, 4.69) is 15.3 Å². The molecule has 10 nitrogen and oxygen atoms in total. The number of hydrogen-bond acceptors (Lipinski definition) is 6. The molecule has 2 aromatic heterocycles. The number of carboxylic acid groups (broad SMARTS) is 1. The predicted molar refractivity (Wildman–Crippen MR) is 147 cm³/mol. The van der Waals surface area contributed by atoms with Crippen LogP contribution in [0.5, 0.6) is 11.6 Å². The van der Waals surface area contributed by atoms with Crippen molar-refractivity contribution < 1.29 is 37.7 Å². The molecule has 2 aromatic carbocycles. The Bertz CT molecular complexity index is 1690. The first-order valence-electron chi connectivity index (χ1n) is 13.0. The Morgan fingerprint density at radius 3 is 2.50 bits per heavy atom. The Morgan fingerprint density at radius 2 is 1.83 bits per heavy atom. The lowest BCUT2D eigenvalue weighted by molar-refractivity contribution is -0.137. The molecule has 0 atom stereocenters. The number of hydrogen-bond donors (Lipinski definition) is 3. The van der Waals surface area contributed by atoms with Crippen LogP contribution in [-0.2, 0) is 31.2 Å². The van der Waals surface area contributed by atoms with Crippen LogP contribution in [0.2, 0.25) is 0 Å². The van der Waals surface area contributed by atoms with Gasteiger partial charge in [0.2, 0.25) is 5.88 Å². The second-order valence-corrected chi connectivity index (χ2v) is 11.0. The lowest BCUT2D eigenvalue weighted by Gasteiger charge is -2.28. The molecule has 1 aliphatic rings. The van der Waals surface area contributed by atoms with Gasteiger partial charge < -0.3 is 25.2 Å². The van der Waals surface area contributed by atoms with Crippen LogP contribution in [0.25, 0.3) is 10.9 Å². The summed E-state index contributed by atoms with van der Waals surface area (Å²) in [6.07, 6.45) is -3.81. The van der Waals surface area contributed by atoms with E-state index in [1.165, 1.54) is 21.7 Å². The molecule has 0 unspecified atom stereocenters. The molecular weight excluding hydrogens is 555 g/mol. The van der Waals surface area contributed by atoms with Crippen molar-refractivity contribution in [1.82, 2.24) is 19.4 Å². The minimum Gasteiger partial charge on any atom is -0.465 e. The smallest absolute Gasteiger partial charge is 0.416 e. The van der Waals surface area contributed by atoms with Gasteiger partial charge in [-0.25, -0.2) is 14.6 Å². The molecule has 220 valence electrons. The number of nitrogens with one attached hydrogen (secondary N) is 1. The van der Waals surface area contributed by atoms with Crippen molar-refractivity contribution in [2.75, 3.05) is 11.9 Å². The number of amides is 2. The van der Waals surface area contributed by atoms with Gasteiger partial charge in [-0.3, -0.25) is 4.57 Å². The zero-order chi connectivity index (χ0) is 30.4. The second-order valence-electron chi connectivity index (χ2n) is 11.0. The zero-order valence-corrected chi connectivity index (χ0v) is 23.0. The zero-order valence-electron chi connectivity index (χ0n) is 23.0. The SMILES string of the molecule is CC(C)(C)c1nc2c(c(Oc3ccc4c(ccn4C(=O)Nc4cc(CO)cc(C(F)(F)F)c4)c3)n1)CCN(C(=O)O)C2. The van der Waals surface area contributed by atoms with E-state index >= 15 is 0 Å². The number of fused-ring (bicyclic) bond motifs is 2. The summed E-state index contributed by atoms with van der Waals surface area (Å²) in [5, 5.41) is 21.9. The second kappa shape index (κ2) is 10.6. The van der Waals surface area contributed by atoms with Crippen LogP contribution < -0.4 is 10.1 Å². The molecule has 3 heterocycles. The Balaban J connectivity index is 1.42. The maximum atomic E-state index is 13.3. The predicted octanol–water partition coefficient (Wildman–Crippen LogP) is 6.15. The average molecular weight is 584 g/mol.